The second kappa shape index (κ2) is 10.8. The van der Waals surface area contributed by atoms with E-state index in [4.69, 9.17) is 9.40 Å². The van der Waals surface area contributed by atoms with E-state index in [2.05, 4.69) is 132 Å². The molecule has 0 amide bonds. The van der Waals surface area contributed by atoms with Gasteiger partial charge in [0.1, 0.15) is 5.52 Å². The number of para-hydroxylation sites is 2. The largest absolute Gasteiger partial charge is 0.435 e. The summed E-state index contributed by atoms with van der Waals surface area (Å²) in [5.41, 5.74) is 8.00. The molecular formula is C43H28N2O. The zero-order valence-electron chi connectivity index (χ0n) is 25.0. The second-order valence-corrected chi connectivity index (χ2v) is 11.6. The molecule has 9 aromatic rings. The molecule has 8 aromatic carbocycles. The fourth-order valence-corrected chi connectivity index (χ4v) is 6.64. The van der Waals surface area contributed by atoms with Crippen LogP contribution < -0.4 is 4.90 Å². The third-order valence-electron chi connectivity index (χ3n) is 8.87. The van der Waals surface area contributed by atoms with E-state index in [0.717, 1.165) is 44.9 Å². The molecule has 3 nitrogen and oxygen atoms in total. The summed E-state index contributed by atoms with van der Waals surface area (Å²) in [5, 5.41) is 7.54. The standard InChI is InChI=1S/C43H28N2O/c1-3-11-32(12-4-1)43-44-41-17-9-16-37(42(41)46-43)30-18-23-34(24-19-30)45(33-13-5-2-6-14-33)35-25-20-31-22-26-38-36-15-8-7-10-29(36)21-27-39(38)40(31)28-35/h1-28H. The monoisotopic (exact) mass is 588 g/mol. The Bertz CT molecular complexity index is 2520. The van der Waals surface area contributed by atoms with E-state index in [1.807, 2.05) is 42.5 Å². The van der Waals surface area contributed by atoms with Gasteiger partial charge >= 0.3 is 0 Å². The summed E-state index contributed by atoms with van der Waals surface area (Å²) in [5.74, 6) is 0.631. The van der Waals surface area contributed by atoms with Gasteiger partial charge in [-0.3, -0.25) is 0 Å². The predicted molar refractivity (Wildman–Crippen MR) is 192 cm³/mol. The van der Waals surface area contributed by atoms with E-state index in [0.29, 0.717) is 5.89 Å². The number of benzene rings is 8. The van der Waals surface area contributed by atoms with E-state index in [9.17, 15) is 0 Å². The van der Waals surface area contributed by atoms with Gasteiger partial charge in [-0.25, -0.2) is 4.98 Å². The van der Waals surface area contributed by atoms with Crippen LogP contribution in [0.25, 0.3) is 66.0 Å². The van der Waals surface area contributed by atoms with Crippen molar-refractivity contribution >= 4 is 60.5 Å². The number of rotatable bonds is 5. The summed E-state index contributed by atoms with van der Waals surface area (Å²) in [6, 6.07) is 59.9. The summed E-state index contributed by atoms with van der Waals surface area (Å²) in [6.07, 6.45) is 0. The van der Waals surface area contributed by atoms with E-state index < -0.39 is 0 Å². The highest BCUT2D eigenvalue weighted by Crippen LogP contribution is 2.40. The van der Waals surface area contributed by atoms with E-state index >= 15 is 0 Å². The molecule has 0 fully saturated rings. The molecule has 216 valence electrons. The van der Waals surface area contributed by atoms with Crippen LogP contribution in [-0.4, -0.2) is 4.98 Å². The third-order valence-corrected chi connectivity index (χ3v) is 8.87. The van der Waals surface area contributed by atoms with Crippen molar-refractivity contribution in [2.75, 3.05) is 4.90 Å². The lowest BCUT2D eigenvalue weighted by Crippen LogP contribution is -2.09. The zero-order valence-corrected chi connectivity index (χ0v) is 25.0. The number of nitrogens with zero attached hydrogens (tertiary/aromatic N) is 2. The Kier molecular flexibility index (Phi) is 6.14. The molecule has 1 aromatic heterocycles. The predicted octanol–water partition coefficient (Wildman–Crippen LogP) is 12.1. The highest BCUT2D eigenvalue weighted by Gasteiger charge is 2.16. The SMILES string of the molecule is c1ccc(-c2nc3cccc(-c4ccc(N(c5ccccc5)c5ccc6ccc7c8ccccc8ccc7c6c5)cc4)c3o2)cc1. The summed E-state index contributed by atoms with van der Waals surface area (Å²) < 4.78 is 6.34. The lowest BCUT2D eigenvalue weighted by molar-refractivity contribution is 0.621. The van der Waals surface area contributed by atoms with Gasteiger partial charge in [-0.1, -0.05) is 115 Å². The average molecular weight is 589 g/mol. The van der Waals surface area contributed by atoms with Gasteiger partial charge in [0.2, 0.25) is 5.89 Å². The summed E-state index contributed by atoms with van der Waals surface area (Å²) in [7, 11) is 0. The number of fused-ring (bicyclic) bond motifs is 6. The number of oxazole rings is 1. The van der Waals surface area contributed by atoms with Crippen LogP contribution in [0.5, 0.6) is 0 Å². The van der Waals surface area contributed by atoms with Gasteiger partial charge < -0.3 is 9.32 Å². The van der Waals surface area contributed by atoms with Gasteiger partial charge in [-0.05, 0) is 92.5 Å². The Balaban J connectivity index is 1.16. The lowest BCUT2D eigenvalue weighted by Gasteiger charge is -2.26. The molecule has 9 rings (SSSR count). The molecule has 0 aliphatic rings. The highest BCUT2D eigenvalue weighted by atomic mass is 16.3. The molecule has 0 spiro atoms. The maximum absolute atomic E-state index is 6.34. The minimum Gasteiger partial charge on any atom is -0.435 e. The van der Waals surface area contributed by atoms with Gasteiger partial charge in [0.15, 0.2) is 5.58 Å². The van der Waals surface area contributed by atoms with Crippen LogP contribution in [-0.2, 0) is 0 Å². The molecule has 1 heterocycles. The number of anilines is 3. The molecule has 0 atom stereocenters. The van der Waals surface area contributed by atoms with E-state index in [1.54, 1.807) is 0 Å². The molecule has 3 heteroatoms. The molecule has 0 bridgehead atoms. The van der Waals surface area contributed by atoms with Crippen molar-refractivity contribution in [1.29, 1.82) is 0 Å². The summed E-state index contributed by atoms with van der Waals surface area (Å²) >= 11 is 0. The first-order valence-electron chi connectivity index (χ1n) is 15.5. The minimum atomic E-state index is 0.631. The van der Waals surface area contributed by atoms with Crippen molar-refractivity contribution < 1.29 is 4.42 Å². The van der Waals surface area contributed by atoms with Crippen LogP contribution in [0.2, 0.25) is 0 Å². The van der Waals surface area contributed by atoms with Crippen molar-refractivity contribution in [3.63, 3.8) is 0 Å². The van der Waals surface area contributed by atoms with Crippen LogP contribution >= 0.6 is 0 Å². The first-order valence-corrected chi connectivity index (χ1v) is 15.5. The van der Waals surface area contributed by atoms with Crippen molar-refractivity contribution in [2.24, 2.45) is 0 Å². The maximum Gasteiger partial charge on any atom is 0.227 e. The van der Waals surface area contributed by atoms with Gasteiger partial charge in [0.25, 0.3) is 0 Å². The first-order chi connectivity index (χ1) is 22.8. The third kappa shape index (κ3) is 4.41. The highest BCUT2D eigenvalue weighted by molar-refractivity contribution is 6.17. The Hall–Kier alpha value is -6.19. The minimum absolute atomic E-state index is 0.631. The topological polar surface area (TPSA) is 29.3 Å². The van der Waals surface area contributed by atoms with Gasteiger partial charge in [0.05, 0.1) is 0 Å². The van der Waals surface area contributed by atoms with Gasteiger partial charge in [-0.15, -0.1) is 0 Å². The van der Waals surface area contributed by atoms with E-state index in [-0.39, 0.29) is 0 Å². The Morgan fingerprint density at radius 1 is 0.413 bits per heavy atom. The molecule has 0 radical (unpaired) electrons. The van der Waals surface area contributed by atoms with Crippen LogP contribution in [0.15, 0.2) is 174 Å². The van der Waals surface area contributed by atoms with Crippen molar-refractivity contribution in [2.45, 2.75) is 0 Å². The van der Waals surface area contributed by atoms with Crippen molar-refractivity contribution in [3.05, 3.63) is 170 Å². The van der Waals surface area contributed by atoms with Crippen LogP contribution in [0.3, 0.4) is 0 Å². The Morgan fingerprint density at radius 2 is 1.04 bits per heavy atom. The molecule has 46 heavy (non-hydrogen) atoms. The zero-order chi connectivity index (χ0) is 30.5. The smallest absolute Gasteiger partial charge is 0.227 e. The van der Waals surface area contributed by atoms with Crippen LogP contribution in [0, 0.1) is 0 Å². The Labute approximate surface area is 266 Å². The molecule has 0 aliphatic heterocycles. The number of hydrogen-bond acceptors (Lipinski definition) is 3. The lowest BCUT2D eigenvalue weighted by atomic mass is 9.96. The molecular weight excluding hydrogens is 560 g/mol. The summed E-state index contributed by atoms with van der Waals surface area (Å²) in [6.45, 7) is 0. The number of hydrogen-bond donors (Lipinski definition) is 0. The average Bonchev–Trinajstić information content (AvgIpc) is 3.58. The first kappa shape index (κ1) is 26.2. The summed E-state index contributed by atoms with van der Waals surface area (Å²) in [4.78, 5) is 7.11. The fourth-order valence-electron chi connectivity index (χ4n) is 6.64. The molecule has 0 N–H and O–H groups in total. The van der Waals surface area contributed by atoms with Crippen molar-refractivity contribution in [3.8, 4) is 22.6 Å². The fraction of sp³-hybridized carbons (Fsp3) is 0. The van der Waals surface area contributed by atoms with Gasteiger partial charge in [0, 0.05) is 28.2 Å². The quantitative estimate of drug-likeness (QED) is 0.187. The molecule has 0 aliphatic carbocycles. The maximum atomic E-state index is 6.34. The van der Waals surface area contributed by atoms with E-state index in [1.165, 1.54) is 32.3 Å². The number of aromatic nitrogens is 1. The van der Waals surface area contributed by atoms with Gasteiger partial charge in [-0.2, -0.15) is 0 Å². The van der Waals surface area contributed by atoms with Crippen LogP contribution in [0.4, 0.5) is 17.1 Å². The normalized spacial score (nSPS) is 11.5. The Morgan fingerprint density at radius 3 is 1.85 bits per heavy atom. The molecule has 0 unspecified atom stereocenters. The second-order valence-electron chi connectivity index (χ2n) is 11.6. The molecule has 0 saturated carbocycles. The molecule has 0 saturated heterocycles. The van der Waals surface area contributed by atoms with Crippen LogP contribution in [0.1, 0.15) is 0 Å². The van der Waals surface area contributed by atoms with Crippen molar-refractivity contribution in [1.82, 2.24) is 4.98 Å².